The van der Waals surface area contributed by atoms with Crippen molar-refractivity contribution in [3.63, 3.8) is 0 Å². The van der Waals surface area contributed by atoms with E-state index >= 15 is 0 Å². The normalized spacial score (nSPS) is 11.8. The molecule has 0 fully saturated rings. The Kier molecular flexibility index (Phi) is 5.59. The molecule has 108 valence electrons. The number of nitriles is 1. The summed E-state index contributed by atoms with van der Waals surface area (Å²) in [6.45, 7) is 10.1. The van der Waals surface area contributed by atoms with Gasteiger partial charge in [-0.3, -0.25) is 4.79 Å². The third kappa shape index (κ3) is 3.52. The Morgan fingerprint density at radius 3 is 2.70 bits per heavy atom. The number of nitrogens with one attached hydrogen (secondary N) is 2. The Labute approximate surface area is 123 Å². The molecule has 0 saturated carbocycles. The second kappa shape index (κ2) is 6.96. The second-order valence-electron chi connectivity index (χ2n) is 4.84. The SMILES string of the molecule is C=CCNC(=O)c1sc(NC(C)C(C)C)c(C#N)c1N. The summed E-state index contributed by atoms with van der Waals surface area (Å²) >= 11 is 1.21. The van der Waals surface area contributed by atoms with Gasteiger partial charge >= 0.3 is 0 Å². The third-order valence-corrected chi connectivity index (χ3v) is 4.16. The largest absolute Gasteiger partial charge is 0.396 e. The highest BCUT2D eigenvalue weighted by atomic mass is 32.1. The monoisotopic (exact) mass is 292 g/mol. The van der Waals surface area contributed by atoms with Crippen LogP contribution in [0.2, 0.25) is 0 Å². The van der Waals surface area contributed by atoms with Crippen LogP contribution >= 0.6 is 11.3 Å². The molecule has 1 amide bonds. The Hall–Kier alpha value is -2.00. The van der Waals surface area contributed by atoms with Crippen LogP contribution in [0.3, 0.4) is 0 Å². The molecule has 0 spiro atoms. The van der Waals surface area contributed by atoms with Gasteiger partial charge in [0.1, 0.15) is 21.5 Å². The van der Waals surface area contributed by atoms with Gasteiger partial charge in [0.25, 0.3) is 5.91 Å². The zero-order chi connectivity index (χ0) is 15.3. The lowest BCUT2D eigenvalue weighted by molar-refractivity contribution is 0.0963. The molecule has 0 saturated heterocycles. The summed E-state index contributed by atoms with van der Waals surface area (Å²) in [5.74, 6) is 0.122. The number of carbonyl (C=O) groups is 1. The van der Waals surface area contributed by atoms with Gasteiger partial charge in [-0.1, -0.05) is 19.9 Å². The van der Waals surface area contributed by atoms with Gasteiger partial charge in [0.15, 0.2) is 0 Å². The van der Waals surface area contributed by atoms with Crippen LogP contribution in [0.15, 0.2) is 12.7 Å². The quantitative estimate of drug-likeness (QED) is 0.703. The van der Waals surface area contributed by atoms with E-state index in [9.17, 15) is 10.1 Å². The van der Waals surface area contributed by atoms with Crippen molar-refractivity contribution < 1.29 is 4.79 Å². The lowest BCUT2D eigenvalue weighted by Gasteiger charge is -2.17. The molecule has 1 aromatic heterocycles. The van der Waals surface area contributed by atoms with Gasteiger partial charge < -0.3 is 16.4 Å². The van der Waals surface area contributed by atoms with Crippen LogP contribution in [0.5, 0.6) is 0 Å². The highest BCUT2D eigenvalue weighted by Gasteiger charge is 2.22. The average molecular weight is 292 g/mol. The molecule has 6 heteroatoms. The number of amides is 1. The van der Waals surface area contributed by atoms with E-state index in [4.69, 9.17) is 5.73 Å². The van der Waals surface area contributed by atoms with Crippen LogP contribution in [-0.2, 0) is 0 Å². The fourth-order valence-corrected chi connectivity index (χ4v) is 2.53. The first-order valence-corrected chi connectivity index (χ1v) is 7.22. The Bertz CT molecular complexity index is 542. The van der Waals surface area contributed by atoms with Gasteiger partial charge in [-0.05, 0) is 12.8 Å². The first kappa shape index (κ1) is 16.1. The molecule has 1 heterocycles. The minimum atomic E-state index is -0.283. The maximum absolute atomic E-state index is 12.0. The third-order valence-electron chi connectivity index (χ3n) is 3.03. The lowest BCUT2D eigenvalue weighted by Crippen LogP contribution is -2.23. The van der Waals surface area contributed by atoms with Crippen molar-refractivity contribution in [2.24, 2.45) is 5.92 Å². The van der Waals surface area contributed by atoms with Crippen LogP contribution in [0, 0.1) is 17.2 Å². The highest BCUT2D eigenvalue weighted by molar-refractivity contribution is 7.18. The number of anilines is 2. The fraction of sp³-hybridized carbons (Fsp3) is 0.429. The maximum Gasteiger partial charge on any atom is 0.263 e. The van der Waals surface area contributed by atoms with E-state index in [1.807, 2.05) is 6.92 Å². The van der Waals surface area contributed by atoms with Crippen LogP contribution in [0.25, 0.3) is 0 Å². The molecule has 5 nitrogen and oxygen atoms in total. The fourth-order valence-electron chi connectivity index (χ4n) is 1.44. The van der Waals surface area contributed by atoms with E-state index in [0.717, 1.165) is 0 Å². The molecule has 0 aromatic carbocycles. The lowest BCUT2D eigenvalue weighted by atomic mass is 10.1. The molecule has 1 rings (SSSR count). The first-order valence-electron chi connectivity index (χ1n) is 6.40. The number of nitrogen functional groups attached to an aromatic ring is 1. The number of thiophene rings is 1. The Morgan fingerprint density at radius 1 is 1.55 bits per heavy atom. The first-order chi connectivity index (χ1) is 9.42. The molecule has 0 aliphatic heterocycles. The minimum Gasteiger partial charge on any atom is -0.396 e. The summed E-state index contributed by atoms with van der Waals surface area (Å²) in [6.07, 6.45) is 1.59. The van der Waals surface area contributed by atoms with Crippen molar-refractivity contribution in [2.45, 2.75) is 26.8 Å². The predicted molar refractivity (Wildman–Crippen MR) is 83.9 cm³/mol. The molecule has 1 atom stereocenters. The van der Waals surface area contributed by atoms with Crippen LogP contribution < -0.4 is 16.4 Å². The van der Waals surface area contributed by atoms with Crippen LogP contribution in [-0.4, -0.2) is 18.5 Å². The van der Waals surface area contributed by atoms with Crippen molar-refractivity contribution in [3.05, 3.63) is 23.1 Å². The summed E-state index contributed by atoms with van der Waals surface area (Å²) in [5.41, 5.74) is 6.47. The van der Waals surface area contributed by atoms with Crippen molar-refractivity contribution >= 4 is 27.9 Å². The molecule has 1 aromatic rings. The number of hydrogen-bond acceptors (Lipinski definition) is 5. The maximum atomic E-state index is 12.0. The molecule has 0 bridgehead atoms. The number of nitrogens with two attached hydrogens (primary N) is 1. The molecular formula is C14H20N4OS. The van der Waals surface area contributed by atoms with Gasteiger partial charge in [-0.25, -0.2) is 0 Å². The number of carbonyl (C=O) groups excluding carboxylic acids is 1. The van der Waals surface area contributed by atoms with E-state index in [-0.39, 0.29) is 17.6 Å². The Morgan fingerprint density at radius 2 is 2.20 bits per heavy atom. The molecule has 0 radical (unpaired) electrons. The van der Waals surface area contributed by atoms with Crippen molar-refractivity contribution in [1.82, 2.24) is 5.32 Å². The summed E-state index contributed by atoms with van der Waals surface area (Å²) in [6, 6.07) is 2.25. The van der Waals surface area contributed by atoms with Crippen molar-refractivity contribution in [2.75, 3.05) is 17.6 Å². The molecule has 0 aliphatic rings. The molecular weight excluding hydrogens is 272 g/mol. The summed E-state index contributed by atoms with van der Waals surface area (Å²) in [7, 11) is 0. The van der Waals surface area contributed by atoms with E-state index in [1.54, 1.807) is 6.08 Å². The number of rotatable bonds is 6. The van der Waals surface area contributed by atoms with E-state index in [1.165, 1.54) is 11.3 Å². The summed E-state index contributed by atoms with van der Waals surface area (Å²) < 4.78 is 0. The van der Waals surface area contributed by atoms with Crippen LogP contribution in [0.4, 0.5) is 10.7 Å². The standard InChI is InChI=1S/C14H20N4OS/c1-5-6-17-13(19)12-11(16)10(7-15)14(20-12)18-9(4)8(2)3/h5,8-9,18H,1,6,16H2,2-4H3,(H,17,19). The van der Waals surface area contributed by atoms with Gasteiger partial charge in [-0.15, -0.1) is 17.9 Å². The zero-order valence-corrected chi connectivity index (χ0v) is 12.8. The van der Waals surface area contributed by atoms with E-state index in [2.05, 4.69) is 37.1 Å². The zero-order valence-electron chi connectivity index (χ0n) is 12.0. The second-order valence-corrected chi connectivity index (χ2v) is 5.86. The van der Waals surface area contributed by atoms with Crippen molar-refractivity contribution in [3.8, 4) is 6.07 Å². The summed E-state index contributed by atoms with van der Waals surface area (Å²) in [4.78, 5) is 12.3. The molecule has 1 unspecified atom stereocenters. The number of hydrogen-bond donors (Lipinski definition) is 3. The summed E-state index contributed by atoms with van der Waals surface area (Å²) in [5, 5.41) is 15.8. The van der Waals surface area contributed by atoms with Crippen LogP contribution in [0.1, 0.15) is 36.0 Å². The molecule has 0 aliphatic carbocycles. The number of nitrogens with zero attached hydrogens (tertiary/aromatic N) is 1. The van der Waals surface area contributed by atoms with E-state index in [0.29, 0.717) is 27.9 Å². The van der Waals surface area contributed by atoms with Gasteiger partial charge in [0.2, 0.25) is 0 Å². The van der Waals surface area contributed by atoms with Gasteiger partial charge in [-0.2, -0.15) is 5.26 Å². The topological polar surface area (TPSA) is 90.9 Å². The smallest absolute Gasteiger partial charge is 0.263 e. The molecule has 20 heavy (non-hydrogen) atoms. The predicted octanol–water partition coefficient (Wildman–Crippen LogP) is 2.57. The highest BCUT2D eigenvalue weighted by Crippen LogP contribution is 2.35. The van der Waals surface area contributed by atoms with Gasteiger partial charge in [0, 0.05) is 12.6 Å². The van der Waals surface area contributed by atoms with Gasteiger partial charge in [0.05, 0.1) is 5.69 Å². The minimum absolute atomic E-state index is 0.184. The Balaban J connectivity index is 3.06. The average Bonchev–Trinajstić information content (AvgIpc) is 2.72. The molecule has 4 N–H and O–H groups in total. The van der Waals surface area contributed by atoms with E-state index < -0.39 is 0 Å². The van der Waals surface area contributed by atoms with Crippen molar-refractivity contribution in [1.29, 1.82) is 5.26 Å².